The molecule has 1 aromatic heterocycles. The molecule has 32 heavy (non-hydrogen) atoms. The van der Waals surface area contributed by atoms with Crippen molar-refractivity contribution < 1.29 is 14.3 Å². The summed E-state index contributed by atoms with van der Waals surface area (Å²) in [5.41, 5.74) is 1.71. The molecule has 0 fully saturated rings. The number of nitrogens with zero attached hydrogens (tertiary/aromatic N) is 3. The van der Waals surface area contributed by atoms with Gasteiger partial charge < -0.3 is 14.6 Å². The Morgan fingerprint density at radius 1 is 1.09 bits per heavy atom. The third-order valence-electron chi connectivity index (χ3n) is 4.44. The average Bonchev–Trinajstić information content (AvgIpc) is 3.20. The van der Waals surface area contributed by atoms with Gasteiger partial charge in [-0.1, -0.05) is 65.8 Å². The average molecular weight is 474 g/mol. The highest BCUT2D eigenvalue weighted by Gasteiger charge is 2.18. The van der Waals surface area contributed by atoms with E-state index in [1.807, 2.05) is 53.1 Å². The van der Waals surface area contributed by atoms with Crippen molar-refractivity contribution >= 4 is 35.3 Å². The molecule has 0 unspecified atom stereocenters. The van der Waals surface area contributed by atoms with Gasteiger partial charge in [0.05, 0.1) is 10.8 Å². The Kier molecular flexibility index (Phi) is 9.09. The summed E-state index contributed by atoms with van der Waals surface area (Å²) in [5, 5.41) is 14.6. The van der Waals surface area contributed by atoms with E-state index >= 15 is 0 Å². The van der Waals surface area contributed by atoms with Gasteiger partial charge in [0.25, 0.3) is 0 Å². The first-order valence-electron chi connectivity index (χ1n) is 10.00. The number of aromatic nitrogens is 3. The highest BCUT2D eigenvalue weighted by Crippen LogP contribution is 2.29. The van der Waals surface area contributed by atoms with Gasteiger partial charge in [-0.25, -0.2) is 4.79 Å². The van der Waals surface area contributed by atoms with E-state index in [-0.39, 0.29) is 5.75 Å². The highest BCUT2D eigenvalue weighted by molar-refractivity contribution is 7.99. The Balaban J connectivity index is 1.60. The van der Waals surface area contributed by atoms with Gasteiger partial charge in [-0.05, 0) is 24.1 Å². The van der Waals surface area contributed by atoms with Crippen molar-refractivity contribution in [2.45, 2.75) is 24.7 Å². The van der Waals surface area contributed by atoms with Crippen LogP contribution < -0.4 is 10.6 Å². The van der Waals surface area contributed by atoms with E-state index in [2.05, 4.69) is 20.8 Å². The van der Waals surface area contributed by atoms with Crippen LogP contribution in [0.2, 0.25) is 5.02 Å². The lowest BCUT2D eigenvalue weighted by Crippen LogP contribution is -2.40. The second kappa shape index (κ2) is 12.2. The summed E-state index contributed by atoms with van der Waals surface area (Å²) >= 11 is 7.54. The lowest BCUT2D eigenvalue weighted by atomic mass is 10.2. The normalized spacial score (nSPS) is 10.7. The van der Waals surface area contributed by atoms with Gasteiger partial charge in [0, 0.05) is 32.4 Å². The molecule has 0 aliphatic rings. The van der Waals surface area contributed by atoms with Gasteiger partial charge in [-0.2, -0.15) is 0 Å². The van der Waals surface area contributed by atoms with Gasteiger partial charge in [-0.15, -0.1) is 10.2 Å². The van der Waals surface area contributed by atoms with Crippen molar-refractivity contribution in [3.05, 3.63) is 65.2 Å². The molecule has 0 saturated carbocycles. The molecule has 3 rings (SSSR count). The molecule has 0 bridgehead atoms. The zero-order valence-electron chi connectivity index (χ0n) is 17.6. The molecular weight excluding hydrogens is 450 g/mol. The van der Waals surface area contributed by atoms with E-state index in [9.17, 15) is 9.59 Å². The number of hydrogen-bond donors (Lipinski definition) is 2. The molecule has 2 aromatic carbocycles. The number of ether oxygens (including phenoxy) is 1. The van der Waals surface area contributed by atoms with Crippen LogP contribution in [0.5, 0.6) is 0 Å². The molecule has 10 heteroatoms. The predicted octanol–water partition coefficient (Wildman–Crippen LogP) is 3.75. The summed E-state index contributed by atoms with van der Waals surface area (Å²) in [4.78, 5) is 24.2. The van der Waals surface area contributed by atoms with Crippen LogP contribution >= 0.6 is 23.4 Å². The fourth-order valence-corrected chi connectivity index (χ4v) is 3.91. The summed E-state index contributed by atoms with van der Waals surface area (Å²) in [7, 11) is 1.64. The van der Waals surface area contributed by atoms with Crippen LogP contribution in [-0.2, 0) is 22.6 Å². The Labute approximate surface area is 195 Å². The van der Waals surface area contributed by atoms with Crippen molar-refractivity contribution in [3.63, 3.8) is 0 Å². The second-order valence-corrected chi connectivity index (χ2v) is 8.14. The maximum absolute atomic E-state index is 12.2. The Morgan fingerprint density at radius 2 is 1.84 bits per heavy atom. The minimum Gasteiger partial charge on any atom is -0.385 e. The molecular formula is C22H24ClN5O3S. The minimum atomic E-state index is -0.544. The van der Waals surface area contributed by atoms with E-state index in [4.69, 9.17) is 16.3 Å². The fraction of sp³-hybridized carbons (Fsp3) is 0.273. The molecule has 0 spiro atoms. The number of nitrogens with one attached hydrogen (secondary N) is 2. The predicted molar refractivity (Wildman–Crippen MR) is 125 cm³/mol. The van der Waals surface area contributed by atoms with Gasteiger partial charge >= 0.3 is 6.03 Å². The number of rotatable bonds is 10. The molecule has 0 aliphatic carbocycles. The topological polar surface area (TPSA) is 98.1 Å². The quantitative estimate of drug-likeness (QED) is 0.343. The monoisotopic (exact) mass is 473 g/mol. The van der Waals surface area contributed by atoms with Crippen LogP contribution in [0.1, 0.15) is 12.0 Å². The van der Waals surface area contributed by atoms with E-state index in [0.717, 1.165) is 17.5 Å². The number of carbonyl (C=O) groups is 2. The number of amides is 3. The van der Waals surface area contributed by atoms with Crippen LogP contribution in [0.25, 0.3) is 11.4 Å². The van der Waals surface area contributed by atoms with Crippen molar-refractivity contribution in [1.29, 1.82) is 0 Å². The van der Waals surface area contributed by atoms with E-state index in [1.165, 1.54) is 11.8 Å². The first-order valence-corrected chi connectivity index (χ1v) is 11.4. The molecule has 168 valence electrons. The van der Waals surface area contributed by atoms with Gasteiger partial charge in [0.2, 0.25) is 5.91 Å². The number of benzene rings is 2. The van der Waals surface area contributed by atoms with Gasteiger partial charge in [0.1, 0.15) is 0 Å². The Bertz CT molecular complexity index is 1050. The third kappa shape index (κ3) is 6.81. The Morgan fingerprint density at radius 3 is 2.59 bits per heavy atom. The molecule has 2 N–H and O–H groups in total. The molecule has 8 nitrogen and oxygen atoms in total. The van der Waals surface area contributed by atoms with Crippen molar-refractivity contribution in [1.82, 2.24) is 25.4 Å². The lowest BCUT2D eigenvalue weighted by molar-refractivity contribution is -0.117. The molecule has 3 aromatic rings. The van der Waals surface area contributed by atoms with Crippen molar-refractivity contribution in [2.24, 2.45) is 0 Å². The summed E-state index contributed by atoms with van der Waals surface area (Å²) in [6.45, 7) is 1.51. The first kappa shape index (κ1) is 23.8. The molecule has 0 radical (unpaired) electrons. The van der Waals surface area contributed by atoms with Gasteiger partial charge in [-0.3, -0.25) is 10.1 Å². The summed E-state index contributed by atoms with van der Waals surface area (Å²) in [5.74, 6) is 0.213. The Hall–Kier alpha value is -2.88. The van der Waals surface area contributed by atoms with Crippen LogP contribution in [-0.4, -0.2) is 46.2 Å². The number of thioether (sulfide) groups is 1. The van der Waals surface area contributed by atoms with Crippen LogP contribution in [0, 0.1) is 0 Å². The van der Waals surface area contributed by atoms with Crippen molar-refractivity contribution in [2.75, 3.05) is 19.5 Å². The van der Waals surface area contributed by atoms with Gasteiger partial charge in [0.15, 0.2) is 11.0 Å². The molecule has 0 aliphatic heterocycles. The van der Waals surface area contributed by atoms with Crippen LogP contribution in [0.4, 0.5) is 4.79 Å². The second-order valence-electron chi connectivity index (χ2n) is 6.79. The number of urea groups is 1. The maximum Gasteiger partial charge on any atom is 0.321 e. The minimum absolute atomic E-state index is 0.0175. The smallest absolute Gasteiger partial charge is 0.321 e. The number of hydrogen-bond acceptors (Lipinski definition) is 6. The first-order chi connectivity index (χ1) is 15.6. The van der Waals surface area contributed by atoms with E-state index < -0.39 is 11.9 Å². The van der Waals surface area contributed by atoms with Crippen LogP contribution in [0.3, 0.4) is 0 Å². The number of imide groups is 1. The van der Waals surface area contributed by atoms with Crippen LogP contribution in [0.15, 0.2) is 59.8 Å². The zero-order chi connectivity index (χ0) is 22.8. The molecule has 1 heterocycles. The zero-order valence-corrected chi connectivity index (χ0v) is 19.2. The largest absolute Gasteiger partial charge is 0.385 e. The summed E-state index contributed by atoms with van der Waals surface area (Å²) in [6, 6.07) is 16.3. The number of methoxy groups -OCH3 is 1. The summed E-state index contributed by atoms with van der Waals surface area (Å²) < 4.78 is 7.06. The fourth-order valence-electron chi connectivity index (χ4n) is 2.92. The molecule has 3 amide bonds. The SMILES string of the molecule is COCCCn1c(SCC(=O)NC(=O)NCc2ccccc2)nnc1-c1ccccc1Cl. The molecule has 0 atom stereocenters. The summed E-state index contributed by atoms with van der Waals surface area (Å²) in [6.07, 6.45) is 0.744. The van der Waals surface area contributed by atoms with E-state index in [0.29, 0.717) is 35.7 Å². The molecule has 0 saturated heterocycles. The standard InChI is InChI=1S/C22H24ClN5O3S/c1-31-13-7-12-28-20(17-10-5-6-11-18(17)23)26-27-22(28)32-15-19(29)25-21(30)24-14-16-8-3-2-4-9-16/h2-6,8-11H,7,12-15H2,1H3,(H2,24,25,29,30). The van der Waals surface area contributed by atoms with E-state index in [1.54, 1.807) is 13.2 Å². The number of halogens is 1. The maximum atomic E-state index is 12.2. The lowest BCUT2D eigenvalue weighted by Gasteiger charge is -2.11. The number of carbonyl (C=O) groups excluding carboxylic acids is 2. The highest BCUT2D eigenvalue weighted by atomic mass is 35.5. The van der Waals surface area contributed by atoms with Crippen molar-refractivity contribution in [3.8, 4) is 11.4 Å². The third-order valence-corrected chi connectivity index (χ3v) is 5.74.